The number of carbonyl (C=O) groups is 1. The maximum atomic E-state index is 12.2. The van der Waals surface area contributed by atoms with Crippen molar-refractivity contribution in [2.45, 2.75) is 24.8 Å². The van der Waals surface area contributed by atoms with Crippen LogP contribution in [-0.2, 0) is 4.79 Å². The molecular formula is C15H19N3O. The summed E-state index contributed by atoms with van der Waals surface area (Å²) in [5.74, 6) is -0.901. The first kappa shape index (κ1) is 13.6. The van der Waals surface area contributed by atoms with E-state index in [1.165, 1.54) is 0 Å². The molecule has 1 fully saturated rings. The number of amides is 1. The lowest BCUT2D eigenvalue weighted by Gasteiger charge is -2.30. The van der Waals surface area contributed by atoms with Crippen molar-refractivity contribution in [1.82, 2.24) is 10.2 Å². The van der Waals surface area contributed by atoms with Crippen LogP contribution in [0.5, 0.6) is 0 Å². The van der Waals surface area contributed by atoms with Gasteiger partial charge in [0.25, 0.3) is 0 Å². The molecule has 2 atom stereocenters. The summed E-state index contributed by atoms with van der Waals surface area (Å²) in [7, 11) is 2.05. The molecule has 1 amide bonds. The van der Waals surface area contributed by atoms with Crippen LogP contribution in [0.15, 0.2) is 30.3 Å². The summed E-state index contributed by atoms with van der Waals surface area (Å²) < 4.78 is 0. The maximum Gasteiger partial charge on any atom is 0.242 e. The Kier molecular flexibility index (Phi) is 4.53. The van der Waals surface area contributed by atoms with E-state index in [0.29, 0.717) is 0 Å². The Hall–Kier alpha value is -1.86. The van der Waals surface area contributed by atoms with Crippen LogP contribution in [0.3, 0.4) is 0 Å². The summed E-state index contributed by atoms with van der Waals surface area (Å²) >= 11 is 0. The molecule has 0 bridgehead atoms. The predicted octanol–water partition coefficient (Wildman–Crippen LogP) is 1.50. The van der Waals surface area contributed by atoms with Gasteiger partial charge in [0.1, 0.15) is 5.92 Å². The molecule has 1 saturated heterocycles. The van der Waals surface area contributed by atoms with Crippen LogP contribution in [0.4, 0.5) is 0 Å². The van der Waals surface area contributed by atoms with Crippen molar-refractivity contribution in [3.63, 3.8) is 0 Å². The van der Waals surface area contributed by atoms with Crippen LogP contribution < -0.4 is 5.32 Å². The number of hydrogen-bond acceptors (Lipinski definition) is 3. The Labute approximate surface area is 114 Å². The second kappa shape index (κ2) is 6.35. The minimum Gasteiger partial charge on any atom is -0.351 e. The molecule has 2 unspecified atom stereocenters. The van der Waals surface area contributed by atoms with Gasteiger partial charge >= 0.3 is 0 Å². The third-order valence-corrected chi connectivity index (χ3v) is 3.50. The van der Waals surface area contributed by atoms with Gasteiger partial charge in [0.2, 0.25) is 5.91 Å². The highest BCUT2D eigenvalue weighted by molar-refractivity contribution is 5.86. The normalized spacial score (nSPS) is 21.4. The quantitative estimate of drug-likeness (QED) is 0.893. The lowest BCUT2D eigenvalue weighted by molar-refractivity contribution is -0.122. The molecule has 0 aliphatic carbocycles. The first-order chi connectivity index (χ1) is 9.20. The summed E-state index contributed by atoms with van der Waals surface area (Å²) in [5, 5.41) is 12.2. The van der Waals surface area contributed by atoms with Gasteiger partial charge in [-0.2, -0.15) is 5.26 Å². The highest BCUT2D eigenvalue weighted by Crippen LogP contribution is 2.16. The van der Waals surface area contributed by atoms with Gasteiger partial charge in [-0.1, -0.05) is 30.3 Å². The van der Waals surface area contributed by atoms with E-state index in [0.717, 1.165) is 31.5 Å². The molecule has 19 heavy (non-hydrogen) atoms. The van der Waals surface area contributed by atoms with E-state index in [4.69, 9.17) is 0 Å². The van der Waals surface area contributed by atoms with Gasteiger partial charge in [-0.05, 0) is 32.0 Å². The summed E-state index contributed by atoms with van der Waals surface area (Å²) in [6, 6.07) is 11.5. The van der Waals surface area contributed by atoms with E-state index in [-0.39, 0.29) is 11.9 Å². The smallest absolute Gasteiger partial charge is 0.242 e. The number of nitrogens with zero attached hydrogens (tertiary/aromatic N) is 2. The topological polar surface area (TPSA) is 56.1 Å². The van der Waals surface area contributed by atoms with Gasteiger partial charge in [0, 0.05) is 12.6 Å². The molecule has 1 heterocycles. The molecule has 0 radical (unpaired) electrons. The molecule has 1 aromatic carbocycles. The fraction of sp³-hybridized carbons (Fsp3) is 0.467. The lowest BCUT2D eigenvalue weighted by Crippen LogP contribution is -2.47. The highest BCUT2D eigenvalue weighted by atomic mass is 16.1. The number of benzene rings is 1. The minimum atomic E-state index is -0.714. The molecule has 4 heteroatoms. The third kappa shape index (κ3) is 3.55. The number of nitrogens with one attached hydrogen (secondary N) is 1. The van der Waals surface area contributed by atoms with Crippen molar-refractivity contribution < 1.29 is 4.79 Å². The molecule has 1 N–H and O–H groups in total. The molecule has 1 aliphatic rings. The van der Waals surface area contributed by atoms with Crippen LogP contribution in [0, 0.1) is 11.3 Å². The molecule has 0 spiro atoms. The predicted molar refractivity (Wildman–Crippen MR) is 73.5 cm³/mol. The molecule has 1 aliphatic heterocycles. The Balaban J connectivity index is 2.00. The van der Waals surface area contributed by atoms with Crippen LogP contribution in [0.2, 0.25) is 0 Å². The zero-order valence-electron chi connectivity index (χ0n) is 11.2. The van der Waals surface area contributed by atoms with E-state index < -0.39 is 5.92 Å². The van der Waals surface area contributed by atoms with Crippen molar-refractivity contribution in [2.75, 3.05) is 20.1 Å². The minimum absolute atomic E-state index is 0.158. The fourth-order valence-corrected chi connectivity index (χ4v) is 2.50. The first-order valence-corrected chi connectivity index (χ1v) is 6.64. The van der Waals surface area contributed by atoms with Gasteiger partial charge in [-0.3, -0.25) is 4.79 Å². The van der Waals surface area contributed by atoms with Crippen LogP contribution in [0.25, 0.3) is 0 Å². The summed E-state index contributed by atoms with van der Waals surface area (Å²) in [4.78, 5) is 14.4. The van der Waals surface area contributed by atoms with Crippen molar-refractivity contribution in [1.29, 1.82) is 5.26 Å². The van der Waals surface area contributed by atoms with Crippen molar-refractivity contribution in [2.24, 2.45) is 0 Å². The Morgan fingerprint density at radius 3 is 2.84 bits per heavy atom. The maximum absolute atomic E-state index is 12.2. The summed E-state index contributed by atoms with van der Waals surface area (Å²) in [6.45, 7) is 1.94. The largest absolute Gasteiger partial charge is 0.351 e. The molecule has 0 aromatic heterocycles. The molecule has 2 rings (SSSR count). The number of hydrogen-bond donors (Lipinski definition) is 1. The Morgan fingerprint density at radius 1 is 1.47 bits per heavy atom. The van der Waals surface area contributed by atoms with E-state index in [1.807, 2.05) is 30.3 Å². The number of nitriles is 1. The number of piperidine rings is 1. The lowest BCUT2D eigenvalue weighted by atomic mass is 9.98. The van der Waals surface area contributed by atoms with Crippen LogP contribution in [0.1, 0.15) is 24.3 Å². The zero-order valence-corrected chi connectivity index (χ0v) is 11.2. The van der Waals surface area contributed by atoms with E-state index in [1.54, 1.807) is 0 Å². The average molecular weight is 257 g/mol. The standard InChI is InChI=1S/C15H19N3O/c1-18-9-5-8-13(11-18)17-15(19)14(10-16)12-6-3-2-4-7-12/h2-4,6-7,13-14H,5,8-9,11H2,1H3,(H,17,19). The van der Waals surface area contributed by atoms with Crippen LogP contribution in [-0.4, -0.2) is 37.0 Å². The van der Waals surface area contributed by atoms with Crippen molar-refractivity contribution >= 4 is 5.91 Å². The van der Waals surface area contributed by atoms with Gasteiger partial charge < -0.3 is 10.2 Å². The summed E-state index contributed by atoms with van der Waals surface area (Å²) in [6.07, 6.45) is 2.08. The number of likely N-dealkylation sites (N-methyl/N-ethyl adjacent to an activating group) is 1. The van der Waals surface area contributed by atoms with Crippen molar-refractivity contribution in [3.05, 3.63) is 35.9 Å². The molecule has 0 saturated carbocycles. The molecule has 1 aromatic rings. The second-order valence-electron chi connectivity index (χ2n) is 5.08. The molecule has 100 valence electrons. The first-order valence-electron chi connectivity index (χ1n) is 6.64. The van der Waals surface area contributed by atoms with Crippen molar-refractivity contribution in [3.8, 4) is 6.07 Å². The zero-order chi connectivity index (χ0) is 13.7. The molecular weight excluding hydrogens is 238 g/mol. The van der Waals surface area contributed by atoms with Gasteiger partial charge in [0.15, 0.2) is 0 Å². The Bertz CT molecular complexity index is 466. The highest BCUT2D eigenvalue weighted by Gasteiger charge is 2.24. The number of rotatable bonds is 3. The Morgan fingerprint density at radius 2 is 2.21 bits per heavy atom. The fourth-order valence-electron chi connectivity index (χ4n) is 2.50. The van der Waals surface area contributed by atoms with E-state index in [2.05, 4.69) is 23.3 Å². The van der Waals surface area contributed by atoms with Gasteiger partial charge in [0.05, 0.1) is 6.07 Å². The second-order valence-corrected chi connectivity index (χ2v) is 5.08. The van der Waals surface area contributed by atoms with Gasteiger partial charge in [-0.25, -0.2) is 0 Å². The summed E-state index contributed by atoms with van der Waals surface area (Å²) in [5.41, 5.74) is 0.756. The number of carbonyl (C=O) groups excluding carboxylic acids is 1. The van der Waals surface area contributed by atoms with E-state index >= 15 is 0 Å². The van der Waals surface area contributed by atoms with E-state index in [9.17, 15) is 10.1 Å². The molecule has 4 nitrogen and oxygen atoms in total. The number of likely N-dealkylation sites (tertiary alicyclic amines) is 1. The SMILES string of the molecule is CN1CCCC(NC(=O)C(C#N)c2ccccc2)C1. The monoisotopic (exact) mass is 257 g/mol. The van der Waals surface area contributed by atoms with Gasteiger partial charge in [-0.15, -0.1) is 0 Å². The third-order valence-electron chi connectivity index (χ3n) is 3.50. The average Bonchev–Trinajstić information content (AvgIpc) is 2.41. The van der Waals surface area contributed by atoms with Crippen LogP contribution >= 0.6 is 0 Å².